The van der Waals surface area contributed by atoms with E-state index in [4.69, 9.17) is 4.74 Å². The number of hydrogen-bond acceptors (Lipinski definition) is 5. The molecule has 1 aliphatic heterocycles. The monoisotopic (exact) mass is 361 g/mol. The average Bonchev–Trinajstić information content (AvgIpc) is 3.10. The van der Waals surface area contributed by atoms with Gasteiger partial charge < -0.3 is 4.74 Å². The van der Waals surface area contributed by atoms with E-state index in [2.05, 4.69) is 51.1 Å². The van der Waals surface area contributed by atoms with Crippen molar-refractivity contribution in [3.63, 3.8) is 0 Å². The predicted octanol–water partition coefficient (Wildman–Crippen LogP) is 1.97. The number of alkyl halides is 1. The number of halogens is 1. The molecule has 1 aromatic heterocycles. The summed E-state index contributed by atoms with van der Waals surface area (Å²) in [6.07, 6.45) is 1.51. The van der Waals surface area contributed by atoms with Crippen molar-refractivity contribution in [2.45, 2.75) is 32.6 Å². The summed E-state index contributed by atoms with van der Waals surface area (Å²) in [5.74, 6) is 0.812. The average molecular weight is 361 g/mol. The maximum Gasteiger partial charge on any atom is 0.141 e. The first-order valence-corrected chi connectivity index (χ1v) is 9.27. The maximum atomic E-state index is 12.8. The Bertz CT molecular complexity index is 644. The normalized spacial score (nSPS) is 16.9. The second-order valence-electron chi connectivity index (χ2n) is 6.74. The zero-order valence-corrected chi connectivity index (χ0v) is 15.4. The van der Waals surface area contributed by atoms with Gasteiger partial charge in [0.2, 0.25) is 0 Å². The molecule has 1 fully saturated rings. The van der Waals surface area contributed by atoms with Gasteiger partial charge in [-0.05, 0) is 12.5 Å². The number of rotatable bonds is 9. The number of benzene rings is 1. The molecular formula is C19H28FN5O. The minimum absolute atomic E-state index is 0.256. The van der Waals surface area contributed by atoms with Gasteiger partial charge in [0.05, 0.1) is 26.3 Å². The Morgan fingerprint density at radius 3 is 2.69 bits per heavy atom. The van der Waals surface area contributed by atoms with Gasteiger partial charge in [0, 0.05) is 32.2 Å². The topological polar surface area (TPSA) is 46.4 Å². The van der Waals surface area contributed by atoms with Gasteiger partial charge in [-0.1, -0.05) is 30.3 Å². The van der Waals surface area contributed by atoms with Gasteiger partial charge in [0.25, 0.3) is 0 Å². The van der Waals surface area contributed by atoms with Crippen LogP contribution in [0, 0.1) is 0 Å². The third-order valence-corrected chi connectivity index (χ3v) is 4.81. The SMILES string of the molecule is C[C@H](CN1CCOCC1)N(Cc1ccccc1)Cc1ncnn1CCF. The van der Waals surface area contributed by atoms with E-state index in [1.54, 1.807) is 4.68 Å². The predicted molar refractivity (Wildman–Crippen MR) is 98.4 cm³/mol. The van der Waals surface area contributed by atoms with Crippen LogP contribution in [0.3, 0.4) is 0 Å². The van der Waals surface area contributed by atoms with E-state index < -0.39 is 6.67 Å². The Balaban J connectivity index is 1.70. The van der Waals surface area contributed by atoms with E-state index in [1.165, 1.54) is 11.9 Å². The molecule has 0 saturated carbocycles. The third kappa shape index (κ3) is 5.33. The highest BCUT2D eigenvalue weighted by molar-refractivity contribution is 5.14. The standard InChI is InChI=1S/C19H28FN5O/c1-17(13-23-9-11-26-12-10-23)24(14-18-5-3-2-4-6-18)15-19-21-16-22-25(19)8-7-20/h2-6,16-17H,7-15H2,1H3/t17-/m1/s1. The molecule has 6 nitrogen and oxygen atoms in total. The second kappa shape index (κ2) is 9.75. The van der Waals surface area contributed by atoms with E-state index in [1.807, 2.05) is 6.07 Å². The molecule has 2 heterocycles. The van der Waals surface area contributed by atoms with Gasteiger partial charge in [0.15, 0.2) is 0 Å². The van der Waals surface area contributed by atoms with Gasteiger partial charge in [0.1, 0.15) is 18.8 Å². The van der Waals surface area contributed by atoms with Crippen molar-refractivity contribution in [2.75, 3.05) is 39.5 Å². The zero-order chi connectivity index (χ0) is 18.2. The van der Waals surface area contributed by atoms with Gasteiger partial charge >= 0.3 is 0 Å². The van der Waals surface area contributed by atoms with E-state index in [-0.39, 0.29) is 6.54 Å². The van der Waals surface area contributed by atoms with Gasteiger partial charge in [-0.3, -0.25) is 9.80 Å². The highest BCUT2D eigenvalue weighted by Gasteiger charge is 2.21. The van der Waals surface area contributed by atoms with Crippen LogP contribution >= 0.6 is 0 Å². The van der Waals surface area contributed by atoms with E-state index in [0.29, 0.717) is 12.6 Å². The molecule has 0 radical (unpaired) electrons. The van der Waals surface area contributed by atoms with E-state index in [9.17, 15) is 4.39 Å². The zero-order valence-electron chi connectivity index (χ0n) is 15.4. The molecule has 1 atom stereocenters. The summed E-state index contributed by atoms with van der Waals surface area (Å²) >= 11 is 0. The molecule has 0 aliphatic carbocycles. The molecule has 0 bridgehead atoms. The molecule has 142 valence electrons. The lowest BCUT2D eigenvalue weighted by Crippen LogP contribution is -2.46. The van der Waals surface area contributed by atoms with E-state index >= 15 is 0 Å². The molecule has 0 spiro atoms. The number of nitrogens with zero attached hydrogens (tertiary/aromatic N) is 5. The van der Waals surface area contributed by atoms with Crippen LogP contribution in [0.4, 0.5) is 4.39 Å². The van der Waals surface area contributed by atoms with Crippen LogP contribution < -0.4 is 0 Å². The molecule has 0 unspecified atom stereocenters. The van der Waals surface area contributed by atoms with Crippen molar-refractivity contribution >= 4 is 0 Å². The lowest BCUT2D eigenvalue weighted by Gasteiger charge is -2.35. The van der Waals surface area contributed by atoms with Crippen LogP contribution in [-0.2, 0) is 24.4 Å². The van der Waals surface area contributed by atoms with Gasteiger partial charge in [-0.15, -0.1) is 0 Å². The fourth-order valence-corrected chi connectivity index (χ4v) is 3.32. The molecule has 3 rings (SSSR count). The summed E-state index contributed by atoms with van der Waals surface area (Å²) in [5, 5.41) is 4.15. The summed E-state index contributed by atoms with van der Waals surface area (Å²) in [7, 11) is 0. The minimum Gasteiger partial charge on any atom is -0.379 e. The van der Waals surface area contributed by atoms with Crippen molar-refractivity contribution in [3.8, 4) is 0 Å². The molecule has 26 heavy (non-hydrogen) atoms. The molecule has 0 N–H and O–H groups in total. The quantitative estimate of drug-likeness (QED) is 0.683. The van der Waals surface area contributed by atoms with Crippen LogP contribution in [0.1, 0.15) is 18.3 Å². The first-order chi connectivity index (χ1) is 12.8. The number of ether oxygens (including phenoxy) is 1. The summed E-state index contributed by atoms with van der Waals surface area (Å²) in [6.45, 7) is 8.08. The molecule has 2 aromatic rings. The van der Waals surface area contributed by atoms with Crippen LogP contribution in [0.5, 0.6) is 0 Å². The van der Waals surface area contributed by atoms with E-state index in [0.717, 1.165) is 45.2 Å². The van der Waals surface area contributed by atoms with Gasteiger partial charge in [-0.25, -0.2) is 14.1 Å². The summed E-state index contributed by atoms with van der Waals surface area (Å²) in [4.78, 5) is 9.19. The summed E-state index contributed by atoms with van der Waals surface area (Å²) in [5.41, 5.74) is 1.26. The maximum absolute atomic E-state index is 12.8. The molecule has 0 amide bonds. The van der Waals surface area contributed by atoms with Gasteiger partial charge in [-0.2, -0.15) is 5.10 Å². The second-order valence-corrected chi connectivity index (χ2v) is 6.74. The Labute approximate surface area is 154 Å². The summed E-state index contributed by atoms with van der Waals surface area (Å²) in [6, 6.07) is 10.8. The fourth-order valence-electron chi connectivity index (χ4n) is 3.32. The first-order valence-electron chi connectivity index (χ1n) is 9.27. The molecule has 1 aromatic carbocycles. The van der Waals surface area contributed by atoms with Crippen molar-refractivity contribution in [2.24, 2.45) is 0 Å². The lowest BCUT2D eigenvalue weighted by atomic mass is 10.1. The van der Waals surface area contributed by atoms with Crippen LogP contribution in [0.25, 0.3) is 0 Å². The Hall–Kier alpha value is -1.83. The smallest absolute Gasteiger partial charge is 0.141 e. The first kappa shape index (κ1) is 18.9. The Morgan fingerprint density at radius 2 is 1.96 bits per heavy atom. The van der Waals surface area contributed by atoms with Crippen LogP contribution in [0.15, 0.2) is 36.7 Å². The highest BCUT2D eigenvalue weighted by Crippen LogP contribution is 2.14. The third-order valence-electron chi connectivity index (χ3n) is 4.81. The molecule has 1 aliphatic rings. The highest BCUT2D eigenvalue weighted by atomic mass is 19.1. The lowest BCUT2D eigenvalue weighted by molar-refractivity contribution is 0.0221. The fraction of sp³-hybridized carbons (Fsp3) is 0.579. The van der Waals surface area contributed by atoms with Crippen molar-refractivity contribution in [1.82, 2.24) is 24.6 Å². The van der Waals surface area contributed by atoms with Crippen LogP contribution in [0.2, 0.25) is 0 Å². The Kier molecular flexibility index (Phi) is 7.11. The number of aryl methyl sites for hydroxylation is 1. The molecular weight excluding hydrogens is 333 g/mol. The minimum atomic E-state index is -0.432. The number of hydrogen-bond donors (Lipinski definition) is 0. The Morgan fingerprint density at radius 1 is 1.19 bits per heavy atom. The molecule has 7 heteroatoms. The van der Waals surface area contributed by atoms with Crippen molar-refractivity contribution in [3.05, 3.63) is 48.0 Å². The molecule has 1 saturated heterocycles. The van der Waals surface area contributed by atoms with Crippen molar-refractivity contribution in [1.29, 1.82) is 0 Å². The number of morpholine rings is 1. The summed E-state index contributed by atoms with van der Waals surface area (Å²) < 4.78 is 19.9. The van der Waals surface area contributed by atoms with Crippen LogP contribution in [-0.4, -0.2) is 70.1 Å². The van der Waals surface area contributed by atoms with Crippen molar-refractivity contribution < 1.29 is 9.13 Å². The largest absolute Gasteiger partial charge is 0.379 e. The number of aromatic nitrogens is 3.